The molecule has 0 fully saturated rings. The average Bonchev–Trinajstić information content (AvgIpc) is 2.39. The van der Waals surface area contributed by atoms with Gasteiger partial charge in [-0.05, 0) is 17.7 Å². The molecule has 12 heavy (non-hydrogen) atoms. The summed E-state index contributed by atoms with van der Waals surface area (Å²) in [5.74, 6) is -1.53. The van der Waals surface area contributed by atoms with E-state index in [2.05, 4.69) is 15.9 Å². The number of fused-ring (bicyclic) bond motifs is 1. The van der Waals surface area contributed by atoms with Gasteiger partial charge in [0.1, 0.15) is 0 Å². The number of hydrogen-bond acceptors (Lipinski definition) is 0. The van der Waals surface area contributed by atoms with Crippen molar-refractivity contribution in [3.8, 4) is 0 Å². The van der Waals surface area contributed by atoms with E-state index in [4.69, 9.17) is 0 Å². The monoisotopic (exact) mass is 230 g/mol. The third-order valence-corrected chi connectivity index (χ3v) is 2.39. The lowest BCUT2D eigenvalue weighted by atomic mass is 10.1. The molecular formula is C9H5BrF2. The Morgan fingerprint density at radius 1 is 1.25 bits per heavy atom. The first-order chi connectivity index (χ1) is 5.68. The fourth-order valence-corrected chi connectivity index (χ4v) is 1.84. The Bertz CT molecular complexity index is 369. The third kappa shape index (κ3) is 1.08. The highest BCUT2D eigenvalue weighted by atomic mass is 79.9. The maximum Gasteiger partial charge on any atom is 0.166 e. The van der Waals surface area contributed by atoms with E-state index in [1.165, 1.54) is 0 Å². The standard InChI is InChI=1S/C9H5BrF2/c10-6-3-5-1-2-8(11)9(12)7(5)4-6/h1-2,4H,3H2. The maximum atomic E-state index is 13.0. The molecule has 0 heterocycles. The first-order valence-electron chi connectivity index (χ1n) is 3.51. The van der Waals surface area contributed by atoms with Crippen molar-refractivity contribution in [3.63, 3.8) is 0 Å². The Kier molecular flexibility index (Phi) is 1.76. The van der Waals surface area contributed by atoms with Gasteiger partial charge in [0.2, 0.25) is 0 Å². The quantitative estimate of drug-likeness (QED) is 0.642. The highest BCUT2D eigenvalue weighted by molar-refractivity contribution is 9.11. The van der Waals surface area contributed by atoms with Gasteiger partial charge in [0.05, 0.1) is 0 Å². The van der Waals surface area contributed by atoms with Gasteiger partial charge >= 0.3 is 0 Å². The molecule has 0 radical (unpaired) electrons. The van der Waals surface area contributed by atoms with E-state index < -0.39 is 11.6 Å². The fraction of sp³-hybridized carbons (Fsp3) is 0.111. The van der Waals surface area contributed by atoms with Crippen LogP contribution in [0.15, 0.2) is 16.6 Å². The number of hydrogen-bond donors (Lipinski definition) is 0. The second-order valence-corrected chi connectivity index (χ2v) is 3.72. The molecule has 0 aromatic heterocycles. The van der Waals surface area contributed by atoms with Crippen molar-refractivity contribution >= 4 is 22.0 Å². The van der Waals surface area contributed by atoms with Crippen molar-refractivity contribution in [1.29, 1.82) is 0 Å². The van der Waals surface area contributed by atoms with Crippen LogP contribution in [0.3, 0.4) is 0 Å². The Balaban J connectivity index is 2.65. The summed E-state index contributed by atoms with van der Waals surface area (Å²) in [6.45, 7) is 0. The number of benzene rings is 1. The van der Waals surface area contributed by atoms with Gasteiger partial charge in [-0.2, -0.15) is 0 Å². The molecule has 0 atom stereocenters. The molecule has 3 heteroatoms. The van der Waals surface area contributed by atoms with Crippen molar-refractivity contribution < 1.29 is 8.78 Å². The van der Waals surface area contributed by atoms with Crippen LogP contribution in [0.1, 0.15) is 11.1 Å². The van der Waals surface area contributed by atoms with Gasteiger partial charge < -0.3 is 0 Å². The van der Waals surface area contributed by atoms with E-state index in [0.717, 1.165) is 16.1 Å². The Morgan fingerprint density at radius 3 is 2.75 bits per heavy atom. The third-order valence-electron chi connectivity index (χ3n) is 1.88. The first-order valence-corrected chi connectivity index (χ1v) is 4.31. The zero-order valence-corrected chi connectivity index (χ0v) is 7.66. The molecule has 0 N–H and O–H groups in total. The van der Waals surface area contributed by atoms with Crippen LogP contribution < -0.4 is 0 Å². The first kappa shape index (κ1) is 7.92. The van der Waals surface area contributed by atoms with Crippen molar-refractivity contribution in [2.24, 2.45) is 0 Å². The van der Waals surface area contributed by atoms with E-state index in [1.54, 1.807) is 12.1 Å². The molecule has 0 amide bonds. The summed E-state index contributed by atoms with van der Waals surface area (Å²) in [6.07, 6.45) is 2.28. The van der Waals surface area contributed by atoms with E-state index in [0.29, 0.717) is 12.0 Å². The van der Waals surface area contributed by atoms with Crippen molar-refractivity contribution in [2.75, 3.05) is 0 Å². The second kappa shape index (κ2) is 2.66. The molecular weight excluding hydrogens is 226 g/mol. The van der Waals surface area contributed by atoms with Crippen LogP contribution in [0.4, 0.5) is 8.78 Å². The number of rotatable bonds is 0. The molecule has 0 bridgehead atoms. The van der Waals surface area contributed by atoms with Gasteiger partial charge in [-0.1, -0.05) is 22.0 Å². The summed E-state index contributed by atoms with van der Waals surface area (Å²) >= 11 is 3.25. The van der Waals surface area contributed by atoms with Gasteiger partial charge in [-0.15, -0.1) is 0 Å². The van der Waals surface area contributed by atoms with Crippen molar-refractivity contribution in [2.45, 2.75) is 6.42 Å². The van der Waals surface area contributed by atoms with Crippen molar-refractivity contribution in [1.82, 2.24) is 0 Å². The lowest BCUT2D eigenvalue weighted by Crippen LogP contribution is -1.90. The lowest BCUT2D eigenvalue weighted by molar-refractivity contribution is 0.506. The van der Waals surface area contributed by atoms with Crippen LogP contribution in [0.25, 0.3) is 6.08 Å². The van der Waals surface area contributed by atoms with E-state index in [9.17, 15) is 8.78 Å². The molecule has 62 valence electrons. The van der Waals surface area contributed by atoms with E-state index >= 15 is 0 Å². The Labute approximate surface area is 77.0 Å². The predicted molar refractivity (Wildman–Crippen MR) is 47.0 cm³/mol. The normalized spacial score (nSPS) is 14.4. The zero-order valence-electron chi connectivity index (χ0n) is 6.07. The van der Waals surface area contributed by atoms with Gasteiger partial charge in [-0.25, -0.2) is 8.78 Å². The van der Waals surface area contributed by atoms with Crippen LogP contribution in [-0.4, -0.2) is 0 Å². The van der Waals surface area contributed by atoms with Gasteiger partial charge in [-0.3, -0.25) is 0 Å². The molecule has 0 aliphatic heterocycles. The van der Waals surface area contributed by atoms with Crippen LogP contribution in [0, 0.1) is 11.6 Å². The molecule has 1 aromatic carbocycles. The molecule has 0 saturated heterocycles. The fourth-order valence-electron chi connectivity index (χ4n) is 1.31. The lowest BCUT2D eigenvalue weighted by Gasteiger charge is -1.99. The summed E-state index contributed by atoms with van der Waals surface area (Å²) < 4.78 is 26.6. The molecule has 1 aliphatic rings. The molecule has 1 aromatic rings. The second-order valence-electron chi connectivity index (χ2n) is 2.70. The molecule has 0 saturated carbocycles. The highest BCUT2D eigenvalue weighted by Crippen LogP contribution is 2.30. The number of halogens is 3. The summed E-state index contributed by atoms with van der Waals surface area (Å²) in [5.41, 5.74) is 1.21. The minimum atomic E-state index is -0.785. The van der Waals surface area contributed by atoms with Crippen LogP contribution >= 0.6 is 15.9 Å². The van der Waals surface area contributed by atoms with Crippen molar-refractivity contribution in [3.05, 3.63) is 39.4 Å². The average molecular weight is 231 g/mol. The van der Waals surface area contributed by atoms with Crippen LogP contribution in [0.5, 0.6) is 0 Å². The summed E-state index contributed by atoms with van der Waals surface area (Å²) in [5, 5.41) is 0. The minimum Gasteiger partial charge on any atom is -0.204 e. The highest BCUT2D eigenvalue weighted by Gasteiger charge is 2.17. The summed E-state index contributed by atoms with van der Waals surface area (Å²) in [6, 6.07) is 2.77. The van der Waals surface area contributed by atoms with Gasteiger partial charge in [0, 0.05) is 16.5 Å². The topological polar surface area (TPSA) is 0 Å². The molecule has 1 aliphatic carbocycles. The molecule has 0 spiro atoms. The predicted octanol–water partition coefficient (Wildman–Crippen LogP) is 3.26. The number of allylic oxidation sites excluding steroid dienone is 1. The minimum absolute atomic E-state index is 0.377. The van der Waals surface area contributed by atoms with Gasteiger partial charge in [0.15, 0.2) is 11.6 Å². The Morgan fingerprint density at radius 2 is 2.00 bits per heavy atom. The summed E-state index contributed by atoms with van der Waals surface area (Å²) in [7, 11) is 0. The van der Waals surface area contributed by atoms with Gasteiger partial charge in [0.25, 0.3) is 0 Å². The van der Waals surface area contributed by atoms with Crippen LogP contribution in [-0.2, 0) is 6.42 Å². The largest absolute Gasteiger partial charge is 0.204 e. The Hall–Kier alpha value is -0.700. The molecule has 0 unspecified atom stereocenters. The zero-order chi connectivity index (χ0) is 8.72. The maximum absolute atomic E-state index is 13.0. The SMILES string of the molecule is Fc1ccc2c(c1F)C=C(Br)C2. The molecule has 2 rings (SSSR count). The van der Waals surface area contributed by atoms with E-state index in [1.807, 2.05) is 0 Å². The summed E-state index contributed by atoms with van der Waals surface area (Å²) in [4.78, 5) is 0. The van der Waals surface area contributed by atoms with E-state index in [-0.39, 0.29) is 0 Å². The smallest absolute Gasteiger partial charge is 0.166 e. The molecule has 0 nitrogen and oxygen atoms in total. The van der Waals surface area contributed by atoms with Crippen LogP contribution in [0.2, 0.25) is 0 Å².